The molecule has 0 atom stereocenters. The molecule has 0 amide bonds. The van der Waals surface area contributed by atoms with Gasteiger partial charge >= 0.3 is 5.97 Å². The van der Waals surface area contributed by atoms with E-state index in [1.54, 1.807) is 0 Å². The molecule has 0 unspecified atom stereocenters. The monoisotopic (exact) mass is 232 g/mol. The predicted molar refractivity (Wildman–Crippen MR) is 68.0 cm³/mol. The lowest BCUT2D eigenvalue weighted by atomic mass is 9.85. The SMILES string of the molecule is COC(=O)C(C)(C)Cc1ccc2c(c1)CCC2. The fourth-order valence-corrected chi connectivity index (χ4v) is 2.59. The number of carbonyl (C=O) groups excluding carboxylic acids is 1. The van der Waals surface area contributed by atoms with Gasteiger partial charge in [0.25, 0.3) is 0 Å². The van der Waals surface area contributed by atoms with Crippen LogP contribution < -0.4 is 0 Å². The van der Waals surface area contributed by atoms with Crippen LogP contribution in [0.5, 0.6) is 0 Å². The zero-order valence-electron chi connectivity index (χ0n) is 10.9. The number of aryl methyl sites for hydroxylation is 2. The molecule has 2 nitrogen and oxygen atoms in total. The van der Waals surface area contributed by atoms with E-state index in [1.165, 1.54) is 43.1 Å². The Hall–Kier alpha value is -1.31. The first-order valence-electron chi connectivity index (χ1n) is 6.22. The van der Waals surface area contributed by atoms with Crippen molar-refractivity contribution in [1.29, 1.82) is 0 Å². The maximum Gasteiger partial charge on any atom is 0.311 e. The lowest BCUT2D eigenvalue weighted by Crippen LogP contribution is -2.28. The molecular formula is C15H20O2. The zero-order chi connectivity index (χ0) is 12.5. The van der Waals surface area contributed by atoms with Crippen molar-refractivity contribution in [3.63, 3.8) is 0 Å². The number of hydrogen-bond acceptors (Lipinski definition) is 2. The molecule has 1 aliphatic carbocycles. The summed E-state index contributed by atoms with van der Waals surface area (Å²) in [6, 6.07) is 6.62. The van der Waals surface area contributed by atoms with Crippen LogP contribution >= 0.6 is 0 Å². The summed E-state index contributed by atoms with van der Waals surface area (Å²) in [4.78, 5) is 11.6. The molecule has 0 saturated carbocycles. The van der Waals surface area contributed by atoms with Gasteiger partial charge in [-0.1, -0.05) is 18.2 Å². The molecule has 2 rings (SSSR count). The summed E-state index contributed by atoms with van der Waals surface area (Å²) in [5.41, 5.74) is 3.73. The minimum atomic E-state index is -0.443. The van der Waals surface area contributed by atoms with Crippen molar-refractivity contribution in [1.82, 2.24) is 0 Å². The first-order valence-corrected chi connectivity index (χ1v) is 6.22. The van der Waals surface area contributed by atoms with E-state index < -0.39 is 5.41 Å². The van der Waals surface area contributed by atoms with Crippen LogP contribution in [0.2, 0.25) is 0 Å². The zero-order valence-corrected chi connectivity index (χ0v) is 10.9. The van der Waals surface area contributed by atoms with Crippen molar-refractivity contribution in [2.45, 2.75) is 39.5 Å². The highest BCUT2D eigenvalue weighted by Gasteiger charge is 2.29. The van der Waals surface area contributed by atoms with Crippen LogP contribution in [-0.4, -0.2) is 13.1 Å². The molecule has 0 bridgehead atoms. The Morgan fingerprint density at radius 3 is 2.71 bits per heavy atom. The molecule has 92 valence electrons. The van der Waals surface area contributed by atoms with E-state index in [9.17, 15) is 4.79 Å². The Labute approximate surface area is 103 Å². The smallest absolute Gasteiger partial charge is 0.311 e. The van der Waals surface area contributed by atoms with Crippen LogP contribution in [0.15, 0.2) is 18.2 Å². The number of carbonyl (C=O) groups is 1. The molecule has 0 radical (unpaired) electrons. The second-order valence-electron chi connectivity index (χ2n) is 5.51. The second kappa shape index (κ2) is 4.52. The summed E-state index contributed by atoms with van der Waals surface area (Å²) in [6.45, 7) is 3.87. The molecule has 0 N–H and O–H groups in total. The van der Waals surface area contributed by atoms with Crippen molar-refractivity contribution < 1.29 is 9.53 Å². The third-order valence-electron chi connectivity index (χ3n) is 3.55. The van der Waals surface area contributed by atoms with E-state index in [4.69, 9.17) is 4.74 Å². The molecule has 1 aliphatic rings. The topological polar surface area (TPSA) is 26.3 Å². The van der Waals surface area contributed by atoms with E-state index in [0.717, 1.165) is 6.42 Å². The fraction of sp³-hybridized carbons (Fsp3) is 0.533. The van der Waals surface area contributed by atoms with E-state index in [0.29, 0.717) is 0 Å². The Morgan fingerprint density at radius 2 is 2.00 bits per heavy atom. The molecule has 17 heavy (non-hydrogen) atoms. The summed E-state index contributed by atoms with van der Waals surface area (Å²) in [6.07, 6.45) is 4.39. The molecule has 0 heterocycles. The molecule has 0 aliphatic heterocycles. The summed E-state index contributed by atoms with van der Waals surface area (Å²) in [7, 11) is 1.45. The highest BCUT2D eigenvalue weighted by molar-refractivity contribution is 5.76. The Kier molecular flexibility index (Phi) is 3.23. The number of benzene rings is 1. The highest BCUT2D eigenvalue weighted by atomic mass is 16.5. The van der Waals surface area contributed by atoms with Gasteiger partial charge in [0.2, 0.25) is 0 Å². The summed E-state index contributed by atoms with van der Waals surface area (Å²) >= 11 is 0. The predicted octanol–water partition coefficient (Wildman–Crippen LogP) is 2.92. The van der Waals surface area contributed by atoms with E-state index in [1.807, 2.05) is 13.8 Å². The number of fused-ring (bicyclic) bond motifs is 1. The van der Waals surface area contributed by atoms with Crippen LogP contribution in [0, 0.1) is 5.41 Å². The molecule has 2 heteroatoms. The lowest BCUT2D eigenvalue weighted by Gasteiger charge is -2.21. The van der Waals surface area contributed by atoms with Crippen molar-refractivity contribution in [2.75, 3.05) is 7.11 Å². The van der Waals surface area contributed by atoms with Gasteiger partial charge in [-0.3, -0.25) is 4.79 Å². The number of ether oxygens (including phenoxy) is 1. The standard InChI is InChI=1S/C15H20O2/c1-15(2,14(16)17-3)10-11-7-8-12-5-4-6-13(12)9-11/h7-9H,4-6,10H2,1-3H3. The van der Waals surface area contributed by atoms with Crippen LogP contribution in [-0.2, 0) is 28.8 Å². The van der Waals surface area contributed by atoms with Gasteiger partial charge in [0.05, 0.1) is 12.5 Å². The number of rotatable bonds is 3. The maximum absolute atomic E-state index is 11.6. The third kappa shape index (κ3) is 2.51. The molecule has 0 aromatic heterocycles. The van der Waals surface area contributed by atoms with Gasteiger partial charge in [0.15, 0.2) is 0 Å². The number of methoxy groups -OCH3 is 1. The second-order valence-corrected chi connectivity index (χ2v) is 5.51. The molecule has 0 saturated heterocycles. The minimum absolute atomic E-state index is 0.141. The van der Waals surface area contributed by atoms with Crippen LogP contribution in [0.1, 0.15) is 37.0 Å². The average molecular weight is 232 g/mol. The lowest BCUT2D eigenvalue weighted by molar-refractivity contribution is -0.150. The first-order chi connectivity index (χ1) is 8.03. The molecule has 0 spiro atoms. The summed E-state index contributed by atoms with van der Waals surface area (Å²) in [5, 5.41) is 0. The van der Waals surface area contributed by atoms with E-state index in [2.05, 4.69) is 18.2 Å². The normalized spacial score (nSPS) is 14.5. The van der Waals surface area contributed by atoms with Gasteiger partial charge in [-0.25, -0.2) is 0 Å². The first kappa shape index (κ1) is 12.2. The third-order valence-corrected chi connectivity index (χ3v) is 3.55. The Balaban J connectivity index is 2.16. The van der Waals surface area contributed by atoms with Crippen LogP contribution in [0.3, 0.4) is 0 Å². The van der Waals surface area contributed by atoms with Gasteiger partial charge < -0.3 is 4.74 Å². The van der Waals surface area contributed by atoms with Crippen LogP contribution in [0.4, 0.5) is 0 Å². The molecule has 1 aromatic carbocycles. The fourth-order valence-electron chi connectivity index (χ4n) is 2.59. The maximum atomic E-state index is 11.6. The Morgan fingerprint density at radius 1 is 1.29 bits per heavy atom. The van der Waals surface area contributed by atoms with E-state index in [-0.39, 0.29) is 5.97 Å². The van der Waals surface area contributed by atoms with Gasteiger partial charge in [-0.15, -0.1) is 0 Å². The summed E-state index contributed by atoms with van der Waals surface area (Å²) < 4.78 is 4.84. The van der Waals surface area contributed by atoms with Gasteiger partial charge in [-0.2, -0.15) is 0 Å². The summed E-state index contributed by atoms with van der Waals surface area (Å²) in [5.74, 6) is -0.141. The van der Waals surface area contributed by atoms with Crippen molar-refractivity contribution in [2.24, 2.45) is 5.41 Å². The largest absolute Gasteiger partial charge is 0.469 e. The van der Waals surface area contributed by atoms with Crippen molar-refractivity contribution in [3.8, 4) is 0 Å². The van der Waals surface area contributed by atoms with Gasteiger partial charge in [-0.05, 0) is 56.2 Å². The Bertz CT molecular complexity index is 433. The quantitative estimate of drug-likeness (QED) is 0.749. The van der Waals surface area contributed by atoms with Crippen molar-refractivity contribution >= 4 is 5.97 Å². The van der Waals surface area contributed by atoms with E-state index >= 15 is 0 Å². The minimum Gasteiger partial charge on any atom is -0.469 e. The van der Waals surface area contributed by atoms with Crippen molar-refractivity contribution in [3.05, 3.63) is 34.9 Å². The highest BCUT2D eigenvalue weighted by Crippen LogP contribution is 2.27. The number of hydrogen-bond donors (Lipinski definition) is 0. The average Bonchev–Trinajstić information content (AvgIpc) is 2.74. The van der Waals surface area contributed by atoms with Gasteiger partial charge in [0.1, 0.15) is 0 Å². The number of esters is 1. The molecule has 1 aromatic rings. The van der Waals surface area contributed by atoms with Crippen LogP contribution in [0.25, 0.3) is 0 Å². The molecule has 0 fully saturated rings. The van der Waals surface area contributed by atoms with Gasteiger partial charge in [0, 0.05) is 0 Å². The molecular weight excluding hydrogens is 212 g/mol.